The summed E-state index contributed by atoms with van der Waals surface area (Å²) in [4.78, 5) is 0. The number of fused-ring (bicyclic) bond motifs is 1. The van der Waals surface area contributed by atoms with Crippen LogP contribution in [0.1, 0.15) is 52.4 Å². The van der Waals surface area contributed by atoms with E-state index in [1.165, 1.54) is 5.57 Å². The van der Waals surface area contributed by atoms with Gasteiger partial charge in [0.2, 0.25) is 0 Å². The van der Waals surface area contributed by atoms with Gasteiger partial charge in [0.05, 0.1) is 12.2 Å². The average molecular weight is 264 g/mol. The van der Waals surface area contributed by atoms with Crippen molar-refractivity contribution >= 4 is 0 Å². The molecule has 2 nitrogen and oxygen atoms in total. The van der Waals surface area contributed by atoms with Gasteiger partial charge in [-0.05, 0) is 55.4 Å². The summed E-state index contributed by atoms with van der Waals surface area (Å²) in [5, 5.41) is 19.7. The quantitative estimate of drug-likeness (QED) is 0.798. The first-order valence-electron chi connectivity index (χ1n) is 7.87. The first-order chi connectivity index (χ1) is 9.11. The Morgan fingerprint density at radius 2 is 2.11 bits per heavy atom. The van der Waals surface area contributed by atoms with Crippen molar-refractivity contribution in [2.24, 2.45) is 17.8 Å². The van der Waals surface area contributed by atoms with Crippen molar-refractivity contribution in [2.75, 3.05) is 0 Å². The minimum absolute atomic E-state index is 0.135. The molecule has 0 aliphatic heterocycles. The molecule has 2 aliphatic carbocycles. The molecular weight excluding hydrogens is 236 g/mol. The first-order valence-corrected chi connectivity index (χ1v) is 7.87. The van der Waals surface area contributed by atoms with Crippen molar-refractivity contribution in [3.63, 3.8) is 0 Å². The van der Waals surface area contributed by atoms with Crippen LogP contribution < -0.4 is 0 Å². The molecule has 5 atom stereocenters. The third-order valence-electron chi connectivity index (χ3n) is 4.83. The Labute approximate surface area is 117 Å². The molecule has 0 fully saturated rings. The molecule has 5 unspecified atom stereocenters. The number of allylic oxidation sites excluding steroid dienone is 3. The highest BCUT2D eigenvalue weighted by atomic mass is 16.3. The predicted octanol–water partition coefficient (Wildman–Crippen LogP) is 3.45. The Morgan fingerprint density at radius 1 is 1.32 bits per heavy atom. The molecule has 0 amide bonds. The van der Waals surface area contributed by atoms with Gasteiger partial charge in [-0.2, -0.15) is 0 Å². The molecule has 0 heterocycles. The lowest BCUT2D eigenvalue weighted by atomic mass is 9.67. The molecule has 0 aromatic rings. The van der Waals surface area contributed by atoms with Gasteiger partial charge in [0.25, 0.3) is 0 Å². The van der Waals surface area contributed by atoms with Gasteiger partial charge in [0.15, 0.2) is 0 Å². The third kappa shape index (κ3) is 3.70. The number of aliphatic hydroxyl groups excluding tert-OH is 2. The second kappa shape index (κ2) is 6.71. The highest BCUT2D eigenvalue weighted by Gasteiger charge is 2.33. The summed E-state index contributed by atoms with van der Waals surface area (Å²) in [7, 11) is 0. The van der Waals surface area contributed by atoms with Gasteiger partial charge in [0.1, 0.15) is 0 Å². The van der Waals surface area contributed by atoms with Crippen LogP contribution in [0.15, 0.2) is 23.8 Å². The largest absolute Gasteiger partial charge is 0.393 e. The van der Waals surface area contributed by atoms with Crippen LogP contribution in [-0.4, -0.2) is 22.4 Å². The summed E-state index contributed by atoms with van der Waals surface area (Å²) < 4.78 is 0. The van der Waals surface area contributed by atoms with Crippen molar-refractivity contribution in [1.82, 2.24) is 0 Å². The second-order valence-corrected chi connectivity index (χ2v) is 6.32. The van der Waals surface area contributed by atoms with E-state index in [2.05, 4.69) is 26.0 Å². The van der Waals surface area contributed by atoms with Gasteiger partial charge in [-0.3, -0.25) is 0 Å². The monoisotopic (exact) mass is 264 g/mol. The van der Waals surface area contributed by atoms with E-state index in [0.717, 1.165) is 38.5 Å². The van der Waals surface area contributed by atoms with E-state index in [0.29, 0.717) is 17.8 Å². The normalized spacial score (nSPS) is 35.7. The van der Waals surface area contributed by atoms with Gasteiger partial charge in [-0.25, -0.2) is 0 Å². The van der Waals surface area contributed by atoms with Crippen LogP contribution in [0.25, 0.3) is 0 Å². The van der Waals surface area contributed by atoms with E-state index in [1.807, 2.05) is 6.08 Å². The van der Waals surface area contributed by atoms with Crippen LogP contribution in [0.5, 0.6) is 0 Å². The lowest BCUT2D eigenvalue weighted by Crippen LogP contribution is -2.30. The molecule has 19 heavy (non-hydrogen) atoms. The molecular formula is C17H28O2. The molecule has 0 aromatic heterocycles. The Hall–Kier alpha value is -0.600. The zero-order valence-electron chi connectivity index (χ0n) is 12.3. The summed E-state index contributed by atoms with van der Waals surface area (Å²) in [6.07, 6.45) is 12.1. The van der Waals surface area contributed by atoms with E-state index in [9.17, 15) is 10.2 Å². The zero-order valence-corrected chi connectivity index (χ0v) is 12.3. The minimum Gasteiger partial charge on any atom is -0.393 e. The third-order valence-corrected chi connectivity index (χ3v) is 4.83. The van der Waals surface area contributed by atoms with E-state index in [4.69, 9.17) is 0 Å². The Kier molecular flexibility index (Phi) is 5.23. The van der Waals surface area contributed by atoms with Gasteiger partial charge in [-0.1, -0.05) is 38.5 Å². The van der Waals surface area contributed by atoms with Crippen molar-refractivity contribution in [1.29, 1.82) is 0 Å². The standard InChI is InChI=1S/C17H28O2/c1-3-4-14(18)7-9-16-12(2)5-6-13-11-15(19)8-10-17(13)16/h5-6,11-12,14-19H,3-4,7-10H2,1-2H3. The smallest absolute Gasteiger partial charge is 0.0726 e. The zero-order chi connectivity index (χ0) is 13.8. The summed E-state index contributed by atoms with van der Waals surface area (Å²) in [6, 6.07) is 0. The van der Waals surface area contributed by atoms with Gasteiger partial charge in [0, 0.05) is 0 Å². The van der Waals surface area contributed by atoms with Crippen molar-refractivity contribution in [3.8, 4) is 0 Å². The molecule has 2 rings (SSSR count). The lowest BCUT2D eigenvalue weighted by Gasteiger charge is -2.38. The SMILES string of the molecule is CCCC(O)CCC1C(C)C=CC2=CC(O)CCC21. The Bertz CT molecular complexity index is 345. The maximum absolute atomic E-state index is 9.93. The Morgan fingerprint density at radius 3 is 2.84 bits per heavy atom. The molecule has 0 saturated carbocycles. The molecule has 2 aliphatic rings. The fourth-order valence-electron chi connectivity index (χ4n) is 3.69. The van der Waals surface area contributed by atoms with Crippen molar-refractivity contribution in [2.45, 2.75) is 64.6 Å². The van der Waals surface area contributed by atoms with E-state index in [1.54, 1.807) is 0 Å². The molecule has 0 radical (unpaired) electrons. The average Bonchev–Trinajstić information content (AvgIpc) is 2.38. The summed E-state index contributed by atoms with van der Waals surface area (Å²) in [6.45, 7) is 4.41. The molecule has 2 N–H and O–H groups in total. The number of aliphatic hydroxyl groups is 2. The molecule has 0 bridgehead atoms. The Balaban J connectivity index is 1.99. The maximum Gasteiger partial charge on any atom is 0.0726 e. The van der Waals surface area contributed by atoms with Crippen LogP contribution in [0.3, 0.4) is 0 Å². The molecule has 0 spiro atoms. The van der Waals surface area contributed by atoms with Gasteiger partial charge in [-0.15, -0.1) is 0 Å². The molecule has 2 heteroatoms. The second-order valence-electron chi connectivity index (χ2n) is 6.32. The topological polar surface area (TPSA) is 40.5 Å². The van der Waals surface area contributed by atoms with Crippen LogP contribution in [-0.2, 0) is 0 Å². The fourth-order valence-corrected chi connectivity index (χ4v) is 3.69. The van der Waals surface area contributed by atoms with Gasteiger partial charge < -0.3 is 10.2 Å². The van der Waals surface area contributed by atoms with Crippen molar-refractivity contribution in [3.05, 3.63) is 23.8 Å². The van der Waals surface area contributed by atoms with Crippen LogP contribution in [0, 0.1) is 17.8 Å². The highest BCUT2D eigenvalue weighted by molar-refractivity contribution is 5.30. The fraction of sp³-hybridized carbons (Fsp3) is 0.765. The predicted molar refractivity (Wildman–Crippen MR) is 78.8 cm³/mol. The van der Waals surface area contributed by atoms with Crippen LogP contribution >= 0.6 is 0 Å². The summed E-state index contributed by atoms with van der Waals surface area (Å²) in [5.41, 5.74) is 1.33. The van der Waals surface area contributed by atoms with E-state index < -0.39 is 0 Å². The number of hydrogen-bond donors (Lipinski definition) is 2. The highest BCUT2D eigenvalue weighted by Crippen LogP contribution is 2.42. The van der Waals surface area contributed by atoms with E-state index >= 15 is 0 Å². The minimum atomic E-state index is -0.254. The number of rotatable bonds is 5. The number of hydrogen-bond acceptors (Lipinski definition) is 2. The lowest BCUT2D eigenvalue weighted by molar-refractivity contribution is 0.123. The van der Waals surface area contributed by atoms with Crippen LogP contribution in [0.2, 0.25) is 0 Å². The maximum atomic E-state index is 9.93. The summed E-state index contributed by atoms with van der Waals surface area (Å²) >= 11 is 0. The first kappa shape index (κ1) is 14.8. The van der Waals surface area contributed by atoms with Crippen molar-refractivity contribution < 1.29 is 10.2 Å². The van der Waals surface area contributed by atoms with Gasteiger partial charge >= 0.3 is 0 Å². The van der Waals surface area contributed by atoms with Crippen LogP contribution in [0.4, 0.5) is 0 Å². The molecule has 0 saturated heterocycles. The molecule has 0 aromatic carbocycles. The van der Waals surface area contributed by atoms with E-state index in [-0.39, 0.29) is 12.2 Å². The molecule has 108 valence electrons. The summed E-state index contributed by atoms with van der Waals surface area (Å²) in [5.74, 6) is 1.82.